The van der Waals surface area contributed by atoms with Crippen molar-refractivity contribution in [3.05, 3.63) is 130 Å². The van der Waals surface area contributed by atoms with Gasteiger partial charge in [0.2, 0.25) is 8.46 Å². The molecule has 1 aliphatic carbocycles. The first-order valence-corrected chi connectivity index (χ1v) is 17.4. The van der Waals surface area contributed by atoms with Gasteiger partial charge in [-0.3, -0.25) is 9.13 Å². The van der Waals surface area contributed by atoms with Crippen molar-refractivity contribution in [2.75, 3.05) is 26.4 Å². The average Bonchev–Trinajstić information content (AvgIpc) is 3.33. The predicted molar refractivity (Wildman–Crippen MR) is 171 cm³/mol. The predicted octanol–water partition coefficient (Wildman–Crippen LogP) is 9.29. The van der Waals surface area contributed by atoms with Crippen LogP contribution in [0, 0.1) is 0 Å². The first-order valence-electron chi connectivity index (χ1n) is 14.8. The van der Waals surface area contributed by atoms with Gasteiger partial charge < -0.3 is 18.5 Å². The van der Waals surface area contributed by atoms with Gasteiger partial charge in [0.05, 0.1) is 24.8 Å². The van der Waals surface area contributed by atoms with Gasteiger partial charge in [-0.05, 0) is 66.6 Å². The minimum absolute atomic E-state index is 0.204. The molecule has 0 fully saturated rings. The highest BCUT2D eigenvalue weighted by atomic mass is 31.2. The van der Waals surface area contributed by atoms with E-state index in [4.69, 9.17) is 18.5 Å². The summed E-state index contributed by atoms with van der Waals surface area (Å²) in [7, 11) is -3.51. The molecule has 0 spiro atoms. The molecule has 43 heavy (non-hydrogen) atoms. The van der Waals surface area contributed by atoms with Crippen LogP contribution < -0.4 is 0 Å². The van der Waals surface area contributed by atoms with E-state index in [1.807, 2.05) is 52.0 Å². The molecule has 4 aromatic carbocycles. The van der Waals surface area contributed by atoms with E-state index in [-0.39, 0.29) is 14.6 Å². The SMILES string of the molecule is CCOC(OCC)(P=O)c1ccc(C2(c3ccc(CP(=O)(OCC)OCC)cc3)c3ccccc3-c3ccccc32)cc1. The van der Waals surface area contributed by atoms with Gasteiger partial charge in [-0.2, -0.15) is 0 Å². The summed E-state index contributed by atoms with van der Waals surface area (Å²) in [4.78, 5) is 0. The molecule has 0 unspecified atom stereocenters. The van der Waals surface area contributed by atoms with Gasteiger partial charge in [0.25, 0.3) is 5.53 Å². The fraction of sp³-hybridized carbons (Fsp3) is 0.314. The van der Waals surface area contributed by atoms with Crippen LogP contribution in [0.2, 0.25) is 0 Å². The lowest BCUT2D eigenvalue weighted by atomic mass is 9.67. The van der Waals surface area contributed by atoms with Crippen molar-refractivity contribution in [3.8, 4) is 11.1 Å². The number of hydrogen-bond acceptors (Lipinski definition) is 6. The van der Waals surface area contributed by atoms with E-state index in [1.165, 1.54) is 22.3 Å². The fourth-order valence-electron chi connectivity index (χ4n) is 6.27. The molecular weight excluding hydrogens is 578 g/mol. The number of benzene rings is 4. The van der Waals surface area contributed by atoms with Crippen LogP contribution in [-0.4, -0.2) is 26.4 Å². The molecule has 0 heterocycles. The Morgan fingerprint density at radius 3 is 1.56 bits per heavy atom. The summed E-state index contributed by atoms with van der Waals surface area (Å²) in [5.74, 6) is 0. The lowest BCUT2D eigenvalue weighted by Gasteiger charge is -2.34. The zero-order valence-electron chi connectivity index (χ0n) is 25.1. The van der Waals surface area contributed by atoms with Gasteiger partial charge in [0, 0.05) is 18.8 Å². The minimum atomic E-state index is -3.25. The van der Waals surface area contributed by atoms with Gasteiger partial charge in [0.1, 0.15) is 0 Å². The van der Waals surface area contributed by atoms with Gasteiger partial charge >= 0.3 is 7.60 Å². The molecule has 0 aliphatic heterocycles. The molecular formula is C35H38O6P2. The zero-order chi connectivity index (χ0) is 30.5. The molecule has 8 heteroatoms. The van der Waals surface area contributed by atoms with Crippen molar-refractivity contribution >= 4 is 16.1 Å². The van der Waals surface area contributed by atoms with Crippen LogP contribution in [-0.2, 0) is 44.8 Å². The summed E-state index contributed by atoms with van der Waals surface area (Å²) in [5.41, 5.74) is 6.42. The molecule has 5 rings (SSSR count). The second kappa shape index (κ2) is 13.4. The Hall–Kier alpha value is -2.95. The van der Waals surface area contributed by atoms with Crippen molar-refractivity contribution in [3.63, 3.8) is 0 Å². The maximum atomic E-state index is 13.3. The Labute approximate surface area is 256 Å². The molecule has 0 radical (unpaired) electrons. The minimum Gasteiger partial charge on any atom is -0.337 e. The van der Waals surface area contributed by atoms with Crippen molar-refractivity contribution in [2.24, 2.45) is 0 Å². The first-order chi connectivity index (χ1) is 20.9. The van der Waals surface area contributed by atoms with E-state index in [0.29, 0.717) is 32.0 Å². The topological polar surface area (TPSA) is 71.1 Å². The standard InChI is InChI=1S/C35H38O6P2/c1-5-38-35(42-36,39-6-2)29-23-21-28(22-24-29)34(32-15-11-9-13-30(32)31-14-10-12-16-33(31)34)27-19-17-26(18-20-27)25-43(37,40-7-3)41-8-4/h9-24H,5-8,25H2,1-4H3. The molecule has 0 aromatic heterocycles. The third-order valence-electron chi connectivity index (χ3n) is 7.85. The summed E-state index contributed by atoms with van der Waals surface area (Å²) in [6.45, 7) is 8.72. The number of fused-ring (bicyclic) bond motifs is 3. The van der Waals surface area contributed by atoms with Crippen LogP contribution in [0.25, 0.3) is 11.1 Å². The largest absolute Gasteiger partial charge is 0.337 e. The van der Waals surface area contributed by atoms with Gasteiger partial charge in [-0.15, -0.1) is 0 Å². The Morgan fingerprint density at radius 1 is 0.651 bits per heavy atom. The Bertz CT molecular complexity index is 1540. The van der Waals surface area contributed by atoms with Crippen LogP contribution >= 0.6 is 16.1 Å². The lowest BCUT2D eigenvalue weighted by molar-refractivity contribution is -0.176. The number of ether oxygens (including phenoxy) is 2. The highest BCUT2D eigenvalue weighted by Gasteiger charge is 2.46. The van der Waals surface area contributed by atoms with E-state index in [2.05, 4.69) is 72.8 Å². The van der Waals surface area contributed by atoms with Gasteiger partial charge in [-0.25, -0.2) is 0 Å². The second-order valence-electron chi connectivity index (χ2n) is 10.3. The normalized spacial score (nSPS) is 14.0. The third kappa shape index (κ3) is 5.69. The molecule has 0 saturated heterocycles. The van der Waals surface area contributed by atoms with Gasteiger partial charge in [0.15, 0.2) is 0 Å². The van der Waals surface area contributed by atoms with Crippen LogP contribution in [0.15, 0.2) is 97.1 Å². The van der Waals surface area contributed by atoms with E-state index < -0.39 is 18.5 Å². The van der Waals surface area contributed by atoms with Crippen molar-refractivity contribution in [1.82, 2.24) is 0 Å². The average molecular weight is 617 g/mol. The van der Waals surface area contributed by atoms with Gasteiger partial charge in [-0.1, -0.05) is 97.1 Å². The molecule has 0 amide bonds. The molecule has 0 saturated carbocycles. The molecule has 0 bridgehead atoms. The number of hydrogen-bond donors (Lipinski definition) is 0. The maximum Gasteiger partial charge on any atom is 0.335 e. The summed E-state index contributed by atoms with van der Waals surface area (Å²) >= 11 is 0. The molecule has 4 aromatic rings. The monoisotopic (exact) mass is 616 g/mol. The van der Waals surface area contributed by atoms with E-state index in [1.54, 1.807) is 0 Å². The molecule has 1 aliphatic rings. The zero-order valence-corrected chi connectivity index (χ0v) is 26.9. The highest BCUT2D eigenvalue weighted by molar-refractivity contribution is 7.53. The van der Waals surface area contributed by atoms with Crippen molar-refractivity contribution < 1.29 is 27.7 Å². The van der Waals surface area contributed by atoms with Crippen LogP contribution in [0.3, 0.4) is 0 Å². The Kier molecular flexibility index (Phi) is 9.78. The smallest absolute Gasteiger partial charge is 0.335 e. The number of rotatable bonds is 14. The molecule has 6 nitrogen and oxygen atoms in total. The third-order valence-corrected chi connectivity index (χ3v) is 10.7. The lowest BCUT2D eigenvalue weighted by Crippen LogP contribution is -2.30. The summed E-state index contributed by atoms with van der Waals surface area (Å²) in [6.07, 6.45) is 0.204. The van der Waals surface area contributed by atoms with Crippen LogP contribution in [0.1, 0.15) is 61.1 Å². The van der Waals surface area contributed by atoms with E-state index in [0.717, 1.165) is 16.7 Å². The van der Waals surface area contributed by atoms with Crippen molar-refractivity contribution in [2.45, 2.75) is 44.8 Å². The van der Waals surface area contributed by atoms with E-state index >= 15 is 0 Å². The Balaban J connectivity index is 1.68. The maximum absolute atomic E-state index is 13.3. The molecule has 0 atom stereocenters. The quantitative estimate of drug-likeness (QED) is 0.0915. The van der Waals surface area contributed by atoms with Crippen LogP contribution in [0.5, 0.6) is 0 Å². The summed E-state index contributed by atoms with van der Waals surface area (Å²) in [6, 6.07) is 33.4. The Morgan fingerprint density at radius 2 is 1.12 bits per heavy atom. The highest BCUT2D eigenvalue weighted by Crippen LogP contribution is 2.57. The molecule has 0 N–H and O–H groups in total. The second-order valence-corrected chi connectivity index (χ2v) is 13.1. The van der Waals surface area contributed by atoms with Crippen LogP contribution in [0.4, 0.5) is 0 Å². The summed E-state index contributed by atoms with van der Waals surface area (Å²) in [5, 5.41) is 0. The molecule has 224 valence electrons. The first kappa shape index (κ1) is 31.5. The summed E-state index contributed by atoms with van der Waals surface area (Å²) < 4.78 is 48.6. The van der Waals surface area contributed by atoms with E-state index in [9.17, 15) is 9.13 Å². The van der Waals surface area contributed by atoms with Crippen molar-refractivity contribution in [1.29, 1.82) is 0 Å². The fourth-order valence-corrected chi connectivity index (χ4v) is 8.59.